The van der Waals surface area contributed by atoms with Gasteiger partial charge >= 0.3 is 0 Å². The maximum Gasteiger partial charge on any atom is 0.230 e. The topological polar surface area (TPSA) is 54.3 Å². The number of hydrogen-bond acceptors (Lipinski definition) is 2. The van der Waals surface area contributed by atoms with Gasteiger partial charge in [-0.2, -0.15) is 0 Å². The van der Waals surface area contributed by atoms with E-state index in [0.717, 1.165) is 36.9 Å². The first-order valence-electron chi connectivity index (χ1n) is 8.12. The van der Waals surface area contributed by atoms with Crippen LogP contribution in [0.15, 0.2) is 30.5 Å². The van der Waals surface area contributed by atoms with E-state index in [-0.39, 0.29) is 11.8 Å². The van der Waals surface area contributed by atoms with Crippen LogP contribution in [0.4, 0.5) is 5.69 Å². The lowest BCUT2D eigenvalue weighted by Crippen LogP contribution is -2.28. The molecular weight excluding hydrogens is 276 g/mol. The molecule has 1 saturated carbocycles. The minimum absolute atomic E-state index is 0.0639. The monoisotopic (exact) mass is 300 g/mol. The van der Waals surface area contributed by atoms with E-state index in [9.17, 15) is 9.90 Å². The number of anilines is 1. The van der Waals surface area contributed by atoms with Gasteiger partial charge in [0.25, 0.3) is 0 Å². The van der Waals surface area contributed by atoms with Crippen molar-refractivity contribution in [3.8, 4) is 0 Å². The van der Waals surface area contributed by atoms with E-state index in [1.165, 1.54) is 5.52 Å². The van der Waals surface area contributed by atoms with Crippen molar-refractivity contribution in [2.45, 2.75) is 45.8 Å². The number of carbonyl (C=O) groups excluding carboxylic acids is 1. The summed E-state index contributed by atoms with van der Waals surface area (Å²) in [4.78, 5) is 12.2. The van der Waals surface area contributed by atoms with Gasteiger partial charge in [0.2, 0.25) is 5.91 Å². The molecule has 1 heterocycles. The second kappa shape index (κ2) is 6.13. The molecule has 0 saturated heterocycles. The van der Waals surface area contributed by atoms with Gasteiger partial charge in [-0.25, -0.2) is 0 Å². The summed E-state index contributed by atoms with van der Waals surface area (Å²) in [6, 6.07) is 8.08. The molecule has 2 N–H and O–H groups in total. The van der Waals surface area contributed by atoms with Crippen molar-refractivity contribution < 1.29 is 9.90 Å². The zero-order chi connectivity index (χ0) is 15.7. The molecule has 3 rings (SSSR count). The van der Waals surface area contributed by atoms with Crippen LogP contribution in [-0.4, -0.2) is 21.7 Å². The molecule has 4 nitrogen and oxygen atoms in total. The Labute approximate surface area is 131 Å². The van der Waals surface area contributed by atoms with E-state index in [2.05, 4.69) is 42.1 Å². The second-order valence-electron chi connectivity index (χ2n) is 6.73. The van der Waals surface area contributed by atoms with Crippen LogP contribution in [0.2, 0.25) is 0 Å². The Kier molecular flexibility index (Phi) is 4.21. The molecule has 0 bridgehead atoms. The van der Waals surface area contributed by atoms with Crippen molar-refractivity contribution in [3.05, 3.63) is 30.5 Å². The van der Waals surface area contributed by atoms with Crippen LogP contribution in [0, 0.1) is 11.8 Å². The molecule has 2 unspecified atom stereocenters. The minimum Gasteiger partial charge on any atom is -0.392 e. The Balaban J connectivity index is 1.76. The average Bonchev–Trinajstić information content (AvgIpc) is 3.05. The van der Waals surface area contributed by atoms with Gasteiger partial charge in [-0.15, -0.1) is 0 Å². The fourth-order valence-electron chi connectivity index (χ4n) is 3.31. The predicted octanol–water partition coefficient (Wildman–Crippen LogP) is 3.40. The first kappa shape index (κ1) is 15.1. The Morgan fingerprint density at radius 3 is 2.86 bits per heavy atom. The molecule has 0 aliphatic heterocycles. The third-order valence-corrected chi connectivity index (χ3v) is 4.42. The number of carbonyl (C=O) groups is 1. The quantitative estimate of drug-likeness (QED) is 0.909. The zero-order valence-corrected chi connectivity index (χ0v) is 13.2. The van der Waals surface area contributed by atoms with E-state index in [4.69, 9.17) is 0 Å². The molecule has 1 aliphatic carbocycles. The van der Waals surface area contributed by atoms with Crippen LogP contribution >= 0.6 is 0 Å². The standard InChI is InChI=1S/C18H24N2O2/c1-12(2)11-20-9-8-13-10-14(6-7-16(13)20)19-18(22)15-4-3-5-17(15)21/h6-10,12,15,17,21H,3-5,11H2,1-2H3,(H,19,22). The molecule has 22 heavy (non-hydrogen) atoms. The molecule has 1 amide bonds. The fraction of sp³-hybridized carbons (Fsp3) is 0.500. The summed E-state index contributed by atoms with van der Waals surface area (Å²) < 4.78 is 2.24. The number of aliphatic hydroxyl groups excluding tert-OH is 1. The Morgan fingerprint density at radius 2 is 2.18 bits per heavy atom. The largest absolute Gasteiger partial charge is 0.392 e. The van der Waals surface area contributed by atoms with Gasteiger partial charge in [0.1, 0.15) is 0 Å². The number of nitrogens with zero attached hydrogens (tertiary/aromatic N) is 1. The molecule has 4 heteroatoms. The average molecular weight is 300 g/mol. The van der Waals surface area contributed by atoms with E-state index in [1.807, 2.05) is 12.1 Å². The highest BCUT2D eigenvalue weighted by atomic mass is 16.3. The van der Waals surface area contributed by atoms with Crippen LogP contribution < -0.4 is 5.32 Å². The van der Waals surface area contributed by atoms with Gasteiger partial charge in [0.05, 0.1) is 12.0 Å². The maximum absolute atomic E-state index is 12.2. The molecule has 0 radical (unpaired) electrons. The van der Waals surface area contributed by atoms with Crippen LogP contribution in [0.25, 0.3) is 10.9 Å². The molecule has 1 aliphatic rings. The molecule has 1 aromatic carbocycles. The third-order valence-electron chi connectivity index (χ3n) is 4.42. The molecule has 2 atom stereocenters. The van der Waals surface area contributed by atoms with Crippen LogP contribution in [-0.2, 0) is 11.3 Å². The normalized spacial score (nSPS) is 21.6. The number of fused-ring (bicyclic) bond motifs is 1. The van der Waals surface area contributed by atoms with Crippen molar-refractivity contribution in [3.63, 3.8) is 0 Å². The van der Waals surface area contributed by atoms with Gasteiger partial charge < -0.3 is 15.0 Å². The van der Waals surface area contributed by atoms with Crippen LogP contribution in [0.5, 0.6) is 0 Å². The van der Waals surface area contributed by atoms with Gasteiger partial charge in [-0.05, 0) is 49.4 Å². The smallest absolute Gasteiger partial charge is 0.230 e. The van der Waals surface area contributed by atoms with Crippen molar-refractivity contribution in [2.75, 3.05) is 5.32 Å². The maximum atomic E-state index is 12.2. The van der Waals surface area contributed by atoms with Crippen LogP contribution in [0.3, 0.4) is 0 Å². The van der Waals surface area contributed by atoms with E-state index >= 15 is 0 Å². The van der Waals surface area contributed by atoms with Crippen molar-refractivity contribution >= 4 is 22.5 Å². The highest BCUT2D eigenvalue weighted by Crippen LogP contribution is 2.27. The van der Waals surface area contributed by atoms with Crippen molar-refractivity contribution in [1.82, 2.24) is 4.57 Å². The second-order valence-corrected chi connectivity index (χ2v) is 6.73. The van der Waals surface area contributed by atoms with Crippen LogP contribution in [0.1, 0.15) is 33.1 Å². The predicted molar refractivity (Wildman–Crippen MR) is 88.8 cm³/mol. The third kappa shape index (κ3) is 3.02. The summed E-state index contributed by atoms with van der Waals surface area (Å²) in [6.07, 6.45) is 4.04. The van der Waals surface area contributed by atoms with Crippen molar-refractivity contribution in [1.29, 1.82) is 0 Å². The molecular formula is C18H24N2O2. The number of benzene rings is 1. The number of nitrogens with one attached hydrogen (secondary N) is 1. The minimum atomic E-state index is -0.490. The Hall–Kier alpha value is -1.81. The lowest BCUT2D eigenvalue weighted by molar-refractivity contribution is -0.122. The highest BCUT2D eigenvalue weighted by molar-refractivity contribution is 5.95. The summed E-state index contributed by atoms with van der Waals surface area (Å²) in [6.45, 7) is 5.39. The molecule has 118 valence electrons. The van der Waals surface area contributed by atoms with Crippen molar-refractivity contribution in [2.24, 2.45) is 11.8 Å². The van der Waals surface area contributed by atoms with E-state index in [1.54, 1.807) is 0 Å². The number of hydrogen-bond donors (Lipinski definition) is 2. The summed E-state index contributed by atoms with van der Waals surface area (Å²) in [7, 11) is 0. The Bertz CT molecular complexity index is 675. The van der Waals surface area contributed by atoms with Gasteiger partial charge in [-0.1, -0.05) is 13.8 Å². The molecule has 2 aromatic rings. The number of rotatable bonds is 4. The van der Waals surface area contributed by atoms with E-state index < -0.39 is 6.10 Å². The number of amides is 1. The zero-order valence-electron chi connectivity index (χ0n) is 13.2. The first-order chi connectivity index (χ1) is 10.5. The van der Waals surface area contributed by atoms with Gasteiger partial charge in [0, 0.05) is 29.3 Å². The van der Waals surface area contributed by atoms with Gasteiger partial charge in [-0.3, -0.25) is 4.79 Å². The number of aromatic nitrogens is 1. The molecule has 1 fully saturated rings. The van der Waals surface area contributed by atoms with Gasteiger partial charge in [0.15, 0.2) is 0 Å². The Morgan fingerprint density at radius 1 is 1.36 bits per heavy atom. The SMILES string of the molecule is CC(C)Cn1ccc2cc(NC(=O)C3CCCC3O)ccc21. The molecule has 0 spiro atoms. The van der Waals surface area contributed by atoms with E-state index in [0.29, 0.717) is 5.92 Å². The summed E-state index contributed by atoms with van der Waals surface area (Å²) in [5, 5.41) is 13.9. The lowest BCUT2D eigenvalue weighted by atomic mass is 10.1. The first-order valence-corrected chi connectivity index (χ1v) is 8.12. The number of aliphatic hydroxyl groups is 1. The summed E-state index contributed by atoms with van der Waals surface area (Å²) in [5.74, 6) is 0.269. The highest BCUT2D eigenvalue weighted by Gasteiger charge is 2.31. The summed E-state index contributed by atoms with van der Waals surface area (Å²) in [5.41, 5.74) is 1.99. The lowest BCUT2D eigenvalue weighted by Gasteiger charge is -2.14. The summed E-state index contributed by atoms with van der Waals surface area (Å²) >= 11 is 0. The molecule has 1 aromatic heterocycles. The fourth-order valence-corrected chi connectivity index (χ4v) is 3.31.